The molecule has 2 aromatic carbocycles. The summed E-state index contributed by atoms with van der Waals surface area (Å²) in [5.41, 5.74) is 2.55. The van der Waals surface area contributed by atoms with Crippen molar-refractivity contribution in [3.8, 4) is 0 Å². The molecular weight excluding hydrogens is 332 g/mol. The van der Waals surface area contributed by atoms with Crippen molar-refractivity contribution >= 4 is 22.6 Å². The van der Waals surface area contributed by atoms with Gasteiger partial charge in [0.2, 0.25) is 5.91 Å². The fraction of sp³-hybridized carbons (Fsp3) is 0.263. The van der Waals surface area contributed by atoms with Crippen LogP contribution in [0.1, 0.15) is 18.3 Å². The molecule has 3 rings (SSSR count). The van der Waals surface area contributed by atoms with Gasteiger partial charge in [0, 0.05) is 32.1 Å². The third kappa shape index (κ3) is 3.56. The van der Waals surface area contributed by atoms with E-state index in [9.17, 15) is 14.9 Å². The lowest BCUT2D eigenvalue weighted by molar-refractivity contribution is -0.384. The molecule has 0 aliphatic carbocycles. The molecule has 0 aliphatic rings. The number of carbonyl (C=O) groups excluding carboxylic acids is 1. The Hall–Kier alpha value is -3.22. The van der Waals surface area contributed by atoms with Crippen LogP contribution in [0.25, 0.3) is 11.0 Å². The molecule has 3 aromatic rings. The van der Waals surface area contributed by atoms with Crippen molar-refractivity contribution in [3.63, 3.8) is 0 Å². The lowest BCUT2D eigenvalue weighted by atomic mass is 10.2. The molecule has 0 saturated carbocycles. The smallest absolute Gasteiger partial charge is 0.269 e. The van der Waals surface area contributed by atoms with E-state index in [2.05, 4.69) is 4.98 Å². The number of nitrogens with zero attached hydrogens (tertiary/aromatic N) is 4. The highest BCUT2D eigenvalue weighted by atomic mass is 16.6. The first kappa shape index (κ1) is 17.6. The van der Waals surface area contributed by atoms with Crippen LogP contribution >= 0.6 is 0 Å². The number of hydrogen-bond donors (Lipinski definition) is 0. The number of imidazole rings is 1. The zero-order valence-electron chi connectivity index (χ0n) is 14.8. The second-order valence-electron chi connectivity index (χ2n) is 6.13. The van der Waals surface area contributed by atoms with Crippen molar-refractivity contribution in [2.75, 3.05) is 7.05 Å². The lowest BCUT2D eigenvalue weighted by Gasteiger charge is -2.18. The molecular formula is C19H20N4O3. The van der Waals surface area contributed by atoms with Crippen LogP contribution in [0.3, 0.4) is 0 Å². The summed E-state index contributed by atoms with van der Waals surface area (Å²) >= 11 is 0. The number of aryl methyl sites for hydroxylation is 1. The van der Waals surface area contributed by atoms with Gasteiger partial charge in [-0.05, 0) is 17.7 Å². The van der Waals surface area contributed by atoms with Gasteiger partial charge >= 0.3 is 0 Å². The van der Waals surface area contributed by atoms with Crippen LogP contribution in [0, 0.1) is 10.1 Å². The zero-order chi connectivity index (χ0) is 18.7. The third-order valence-electron chi connectivity index (χ3n) is 4.31. The number of para-hydroxylation sites is 2. The predicted octanol–water partition coefficient (Wildman–Crippen LogP) is 3.17. The summed E-state index contributed by atoms with van der Waals surface area (Å²) in [5, 5.41) is 10.9. The first-order chi connectivity index (χ1) is 12.5. The molecule has 0 spiro atoms. The van der Waals surface area contributed by atoms with Crippen LogP contribution in [0.15, 0.2) is 48.5 Å². The van der Waals surface area contributed by atoms with E-state index >= 15 is 0 Å². The number of fused-ring (bicyclic) bond motifs is 1. The summed E-state index contributed by atoms with van der Waals surface area (Å²) in [5.74, 6) is 0.789. The summed E-state index contributed by atoms with van der Waals surface area (Å²) in [7, 11) is 1.70. The summed E-state index contributed by atoms with van der Waals surface area (Å²) in [6.07, 6.45) is 0.733. The Morgan fingerprint density at radius 2 is 2.00 bits per heavy atom. The van der Waals surface area contributed by atoms with E-state index in [1.54, 1.807) is 24.1 Å². The maximum atomic E-state index is 12.7. The van der Waals surface area contributed by atoms with Crippen molar-refractivity contribution in [2.24, 2.45) is 0 Å². The zero-order valence-corrected chi connectivity index (χ0v) is 14.8. The van der Waals surface area contributed by atoms with E-state index in [0.717, 1.165) is 28.8 Å². The molecule has 0 atom stereocenters. The van der Waals surface area contributed by atoms with Gasteiger partial charge in [-0.3, -0.25) is 14.9 Å². The maximum Gasteiger partial charge on any atom is 0.269 e. The van der Waals surface area contributed by atoms with E-state index in [0.29, 0.717) is 6.54 Å². The summed E-state index contributed by atoms with van der Waals surface area (Å²) in [6.45, 7) is 2.51. The molecule has 1 heterocycles. The van der Waals surface area contributed by atoms with E-state index in [4.69, 9.17) is 0 Å². The van der Waals surface area contributed by atoms with Crippen LogP contribution in [0.2, 0.25) is 0 Å². The van der Waals surface area contributed by atoms with Gasteiger partial charge in [-0.15, -0.1) is 0 Å². The predicted molar refractivity (Wildman–Crippen MR) is 98.7 cm³/mol. The highest BCUT2D eigenvalue weighted by Crippen LogP contribution is 2.18. The molecule has 0 bridgehead atoms. The quantitative estimate of drug-likeness (QED) is 0.504. The van der Waals surface area contributed by atoms with Gasteiger partial charge in [0.15, 0.2) is 0 Å². The minimum absolute atomic E-state index is 0.0252. The Morgan fingerprint density at radius 3 is 2.73 bits per heavy atom. The Balaban J connectivity index is 1.78. The molecule has 134 valence electrons. The number of non-ortho nitro benzene ring substituents is 1. The topological polar surface area (TPSA) is 81.3 Å². The second-order valence-corrected chi connectivity index (χ2v) is 6.13. The van der Waals surface area contributed by atoms with Crippen molar-refractivity contribution in [1.29, 1.82) is 0 Å². The number of nitro groups is 1. The highest BCUT2D eigenvalue weighted by Gasteiger charge is 2.16. The molecule has 0 unspecified atom stereocenters. The summed E-state index contributed by atoms with van der Waals surface area (Å²) in [6, 6.07) is 14.1. The number of aromatic nitrogens is 2. The monoisotopic (exact) mass is 352 g/mol. The first-order valence-electron chi connectivity index (χ1n) is 8.41. The number of carbonyl (C=O) groups is 1. The Kier molecular flexibility index (Phi) is 4.97. The SMILES string of the molecule is CCc1nc2ccccc2n1CC(=O)N(C)Cc1cccc([N+](=O)[O-])c1. The number of benzene rings is 2. The Labute approximate surface area is 151 Å². The number of amides is 1. The van der Waals surface area contributed by atoms with E-state index in [-0.39, 0.29) is 18.1 Å². The van der Waals surface area contributed by atoms with E-state index < -0.39 is 4.92 Å². The number of rotatable bonds is 6. The van der Waals surface area contributed by atoms with E-state index in [1.807, 2.05) is 35.8 Å². The van der Waals surface area contributed by atoms with Gasteiger partial charge in [-0.1, -0.05) is 31.2 Å². The summed E-state index contributed by atoms with van der Waals surface area (Å²) < 4.78 is 1.93. The van der Waals surface area contributed by atoms with Gasteiger partial charge in [0.25, 0.3) is 5.69 Å². The number of hydrogen-bond acceptors (Lipinski definition) is 4. The van der Waals surface area contributed by atoms with Crippen molar-refractivity contribution in [2.45, 2.75) is 26.4 Å². The van der Waals surface area contributed by atoms with Crippen LogP contribution in [0.5, 0.6) is 0 Å². The molecule has 7 heteroatoms. The van der Waals surface area contributed by atoms with Crippen molar-refractivity contribution < 1.29 is 9.72 Å². The van der Waals surface area contributed by atoms with Crippen molar-refractivity contribution in [3.05, 3.63) is 70.0 Å². The second kappa shape index (κ2) is 7.35. The molecule has 0 saturated heterocycles. The normalized spacial score (nSPS) is 10.8. The van der Waals surface area contributed by atoms with Crippen LogP contribution < -0.4 is 0 Å². The van der Waals surface area contributed by atoms with Gasteiger partial charge in [0.1, 0.15) is 12.4 Å². The Bertz CT molecular complexity index is 964. The average molecular weight is 352 g/mol. The van der Waals surface area contributed by atoms with Gasteiger partial charge in [-0.2, -0.15) is 0 Å². The van der Waals surface area contributed by atoms with Crippen LogP contribution in [0.4, 0.5) is 5.69 Å². The molecule has 0 aliphatic heterocycles. The number of likely N-dealkylation sites (N-methyl/N-ethyl adjacent to an activating group) is 1. The average Bonchev–Trinajstić information content (AvgIpc) is 2.99. The highest BCUT2D eigenvalue weighted by molar-refractivity contribution is 5.81. The standard InChI is InChI=1S/C19H20N4O3/c1-3-18-20-16-9-4-5-10-17(16)22(18)13-19(24)21(2)12-14-7-6-8-15(11-14)23(25)26/h4-11H,3,12-13H2,1-2H3. The summed E-state index contributed by atoms with van der Waals surface area (Å²) in [4.78, 5) is 29.3. The van der Waals surface area contributed by atoms with Gasteiger partial charge in [0.05, 0.1) is 16.0 Å². The van der Waals surface area contributed by atoms with Crippen LogP contribution in [-0.4, -0.2) is 32.3 Å². The van der Waals surface area contributed by atoms with Crippen molar-refractivity contribution in [1.82, 2.24) is 14.5 Å². The first-order valence-corrected chi connectivity index (χ1v) is 8.41. The molecule has 0 N–H and O–H groups in total. The molecule has 0 radical (unpaired) electrons. The molecule has 7 nitrogen and oxygen atoms in total. The molecule has 0 fully saturated rings. The molecule has 1 aromatic heterocycles. The fourth-order valence-electron chi connectivity index (χ4n) is 2.96. The number of nitro benzene ring substituents is 1. The van der Waals surface area contributed by atoms with E-state index in [1.165, 1.54) is 12.1 Å². The fourth-order valence-corrected chi connectivity index (χ4v) is 2.96. The minimum Gasteiger partial charge on any atom is -0.340 e. The van der Waals surface area contributed by atoms with Crippen LogP contribution in [-0.2, 0) is 24.3 Å². The molecule has 1 amide bonds. The minimum atomic E-state index is -0.434. The Morgan fingerprint density at radius 1 is 1.23 bits per heavy atom. The van der Waals surface area contributed by atoms with Gasteiger partial charge < -0.3 is 9.47 Å². The van der Waals surface area contributed by atoms with Gasteiger partial charge in [-0.25, -0.2) is 4.98 Å². The largest absolute Gasteiger partial charge is 0.340 e. The lowest BCUT2D eigenvalue weighted by Crippen LogP contribution is -2.30. The molecule has 26 heavy (non-hydrogen) atoms. The maximum absolute atomic E-state index is 12.7. The third-order valence-corrected chi connectivity index (χ3v) is 4.31.